The number of pyridine rings is 1. The van der Waals surface area contributed by atoms with Crippen molar-refractivity contribution in [1.29, 1.82) is 0 Å². The minimum atomic E-state index is 0.134. The number of rotatable bonds is 2. The maximum Gasteiger partial charge on any atom is 0.273 e. The first-order valence-corrected chi connectivity index (χ1v) is 8.33. The van der Waals surface area contributed by atoms with E-state index in [9.17, 15) is 4.79 Å². The first-order chi connectivity index (χ1) is 10.5. The SMILES string of the molecule is CCc1nc2ccc(C)cn2c1C(=O)N1C(C)CCCC1C. The average Bonchev–Trinajstić information content (AvgIpc) is 2.84. The van der Waals surface area contributed by atoms with Crippen molar-refractivity contribution in [3.8, 4) is 0 Å². The van der Waals surface area contributed by atoms with Crippen molar-refractivity contribution in [1.82, 2.24) is 14.3 Å². The lowest BCUT2D eigenvalue weighted by Gasteiger charge is -2.39. The van der Waals surface area contributed by atoms with Crippen LogP contribution in [-0.4, -0.2) is 32.3 Å². The molecular formula is C18H25N3O. The minimum Gasteiger partial charge on any atom is -0.332 e. The van der Waals surface area contributed by atoms with Crippen molar-refractivity contribution in [2.24, 2.45) is 0 Å². The number of aromatic nitrogens is 2. The highest BCUT2D eigenvalue weighted by molar-refractivity contribution is 5.95. The van der Waals surface area contributed by atoms with Crippen LogP contribution in [-0.2, 0) is 6.42 Å². The highest BCUT2D eigenvalue weighted by atomic mass is 16.2. The topological polar surface area (TPSA) is 37.6 Å². The van der Waals surface area contributed by atoms with Crippen molar-refractivity contribution < 1.29 is 4.79 Å². The summed E-state index contributed by atoms with van der Waals surface area (Å²) in [4.78, 5) is 20.0. The highest BCUT2D eigenvalue weighted by Gasteiger charge is 2.32. The Kier molecular flexibility index (Phi) is 3.94. The van der Waals surface area contributed by atoms with E-state index in [0.717, 1.165) is 41.9 Å². The van der Waals surface area contributed by atoms with Gasteiger partial charge in [0.05, 0.1) is 5.69 Å². The standard InChI is InChI=1S/C18H25N3O/c1-5-15-17(20-11-12(2)9-10-16(20)19-15)18(22)21-13(3)7-6-8-14(21)4/h9-11,13-14H,5-8H2,1-4H3. The number of amides is 1. The van der Waals surface area contributed by atoms with Gasteiger partial charge in [-0.25, -0.2) is 4.98 Å². The lowest BCUT2D eigenvalue weighted by Crippen LogP contribution is -2.48. The molecule has 0 bridgehead atoms. The number of likely N-dealkylation sites (tertiary alicyclic amines) is 1. The molecule has 0 saturated carbocycles. The molecule has 0 aromatic carbocycles. The molecule has 3 rings (SSSR count). The summed E-state index contributed by atoms with van der Waals surface area (Å²) in [6.45, 7) is 8.43. The predicted octanol–water partition coefficient (Wildman–Crippen LogP) is 3.61. The molecule has 22 heavy (non-hydrogen) atoms. The number of nitrogens with zero attached hydrogens (tertiary/aromatic N) is 3. The predicted molar refractivity (Wildman–Crippen MR) is 88.3 cm³/mol. The van der Waals surface area contributed by atoms with Crippen molar-refractivity contribution in [2.75, 3.05) is 0 Å². The van der Waals surface area contributed by atoms with Gasteiger partial charge in [0.25, 0.3) is 5.91 Å². The Labute approximate surface area is 132 Å². The van der Waals surface area contributed by atoms with Crippen LogP contribution in [0.5, 0.6) is 0 Å². The second-order valence-electron chi connectivity index (χ2n) is 6.54. The van der Waals surface area contributed by atoms with E-state index >= 15 is 0 Å². The van der Waals surface area contributed by atoms with Gasteiger partial charge in [0.2, 0.25) is 0 Å². The molecule has 4 heteroatoms. The fraction of sp³-hybridized carbons (Fsp3) is 0.556. The van der Waals surface area contributed by atoms with E-state index in [1.165, 1.54) is 6.42 Å². The van der Waals surface area contributed by atoms with Crippen LogP contribution in [0.3, 0.4) is 0 Å². The van der Waals surface area contributed by atoms with Gasteiger partial charge in [0.15, 0.2) is 0 Å². The summed E-state index contributed by atoms with van der Waals surface area (Å²) in [6.07, 6.45) is 6.19. The van der Waals surface area contributed by atoms with Crippen molar-refractivity contribution in [3.63, 3.8) is 0 Å². The quantitative estimate of drug-likeness (QED) is 0.849. The molecule has 1 fully saturated rings. The number of carbonyl (C=O) groups excluding carboxylic acids is 1. The molecule has 1 saturated heterocycles. The summed E-state index contributed by atoms with van der Waals surface area (Å²) in [7, 11) is 0. The van der Waals surface area contributed by atoms with E-state index in [2.05, 4.69) is 30.7 Å². The summed E-state index contributed by atoms with van der Waals surface area (Å²) in [5, 5.41) is 0. The molecular weight excluding hydrogens is 274 g/mol. The summed E-state index contributed by atoms with van der Waals surface area (Å²) in [6, 6.07) is 4.64. The van der Waals surface area contributed by atoms with Crippen LogP contribution in [0, 0.1) is 6.92 Å². The van der Waals surface area contributed by atoms with Gasteiger partial charge in [-0.05, 0) is 58.1 Å². The molecule has 1 amide bonds. The van der Waals surface area contributed by atoms with E-state index in [1.807, 2.05) is 29.7 Å². The molecule has 1 aliphatic rings. The molecule has 2 aromatic rings. The van der Waals surface area contributed by atoms with Crippen LogP contribution >= 0.6 is 0 Å². The second kappa shape index (κ2) is 5.75. The zero-order valence-corrected chi connectivity index (χ0v) is 14.0. The molecule has 2 unspecified atom stereocenters. The summed E-state index contributed by atoms with van der Waals surface area (Å²) >= 11 is 0. The highest BCUT2D eigenvalue weighted by Crippen LogP contribution is 2.26. The maximum absolute atomic E-state index is 13.3. The van der Waals surface area contributed by atoms with Gasteiger partial charge < -0.3 is 4.90 Å². The Hall–Kier alpha value is -1.84. The fourth-order valence-electron chi connectivity index (χ4n) is 3.62. The van der Waals surface area contributed by atoms with Crippen LogP contribution in [0.25, 0.3) is 5.65 Å². The molecule has 0 radical (unpaired) electrons. The molecule has 0 aliphatic carbocycles. The smallest absolute Gasteiger partial charge is 0.273 e. The van der Waals surface area contributed by atoms with Gasteiger partial charge in [-0.15, -0.1) is 0 Å². The number of hydrogen-bond donors (Lipinski definition) is 0. The van der Waals surface area contributed by atoms with Gasteiger partial charge in [0, 0.05) is 18.3 Å². The van der Waals surface area contributed by atoms with Crippen LogP contribution in [0.4, 0.5) is 0 Å². The fourth-order valence-corrected chi connectivity index (χ4v) is 3.62. The Morgan fingerprint density at radius 2 is 1.95 bits per heavy atom. The van der Waals surface area contributed by atoms with Gasteiger partial charge in [-0.2, -0.15) is 0 Å². The van der Waals surface area contributed by atoms with Crippen LogP contribution in [0.2, 0.25) is 0 Å². The first kappa shape index (κ1) is 15.1. The largest absolute Gasteiger partial charge is 0.332 e. The number of imidazole rings is 1. The molecule has 2 atom stereocenters. The Bertz CT molecular complexity index is 694. The molecule has 118 valence electrons. The van der Waals surface area contributed by atoms with E-state index in [0.29, 0.717) is 12.1 Å². The zero-order valence-electron chi connectivity index (χ0n) is 14.0. The van der Waals surface area contributed by atoms with Crippen molar-refractivity contribution in [2.45, 2.75) is 65.5 Å². The molecule has 0 spiro atoms. The normalized spacial score (nSPS) is 22.3. The first-order valence-electron chi connectivity index (χ1n) is 8.33. The van der Waals surface area contributed by atoms with E-state index in [-0.39, 0.29) is 5.91 Å². The number of fused-ring (bicyclic) bond motifs is 1. The van der Waals surface area contributed by atoms with Crippen molar-refractivity contribution in [3.05, 3.63) is 35.3 Å². The van der Waals surface area contributed by atoms with Crippen LogP contribution in [0.1, 0.15) is 61.8 Å². The maximum atomic E-state index is 13.3. The average molecular weight is 299 g/mol. The third-order valence-electron chi connectivity index (χ3n) is 4.80. The zero-order chi connectivity index (χ0) is 15.9. The number of piperidine rings is 1. The molecule has 3 heterocycles. The Morgan fingerprint density at radius 3 is 2.59 bits per heavy atom. The van der Waals surface area contributed by atoms with E-state index in [1.54, 1.807) is 0 Å². The van der Waals surface area contributed by atoms with Crippen LogP contribution in [0.15, 0.2) is 18.3 Å². The van der Waals surface area contributed by atoms with Gasteiger partial charge in [-0.3, -0.25) is 9.20 Å². The van der Waals surface area contributed by atoms with Gasteiger partial charge >= 0.3 is 0 Å². The summed E-state index contributed by atoms with van der Waals surface area (Å²) < 4.78 is 1.98. The lowest BCUT2D eigenvalue weighted by molar-refractivity contribution is 0.0502. The number of hydrogen-bond acceptors (Lipinski definition) is 2. The molecule has 4 nitrogen and oxygen atoms in total. The molecule has 0 N–H and O–H groups in total. The van der Waals surface area contributed by atoms with Gasteiger partial charge in [-0.1, -0.05) is 13.0 Å². The van der Waals surface area contributed by atoms with Crippen LogP contribution < -0.4 is 0 Å². The third kappa shape index (κ3) is 2.40. The minimum absolute atomic E-state index is 0.134. The molecule has 1 aliphatic heterocycles. The molecule has 2 aromatic heterocycles. The summed E-state index contributed by atoms with van der Waals surface area (Å²) in [5.74, 6) is 0.134. The monoisotopic (exact) mass is 299 g/mol. The van der Waals surface area contributed by atoms with E-state index in [4.69, 9.17) is 0 Å². The van der Waals surface area contributed by atoms with Gasteiger partial charge in [0.1, 0.15) is 11.3 Å². The number of carbonyl (C=O) groups is 1. The lowest BCUT2D eigenvalue weighted by atomic mass is 9.97. The number of aryl methyl sites for hydroxylation is 2. The second-order valence-corrected chi connectivity index (χ2v) is 6.54. The van der Waals surface area contributed by atoms with E-state index < -0.39 is 0 Å². The Balaban J connectivity index is 2.11. The third-order valence-corrected chi connectivity index (χ3v) is 4.80. The summed E-state index contributed by atoms with van der Waals surface area (Å²) in [5.41, 5.74) is 3.66. The van der Waals surface area contributed by atoms with Crippen molar-refractivity contribution >= 4 is 11.6 Å². The Morgan fingerprint density at radius 1 is 1.27 bits per heavy atom.